The van der Waals surface area contributed by atoms with Crippen LogP contribution in [0.25, 0.3) is 11.1 Å². The molecule has 3 aromatic carbocycles. The predicted molar refractivity (Wildman–Crippen MR) is 138 cm³/mol. The summed E-state index contributed by atoms with van der Waals surface area (Å²) in [4.78, 5) is 0. The van der Waals surface area contributed by atoms with Gasteiger partial charge in [-0.05, 0) is 68.8 Å². The first-order valence-corrected chi connectivity index (χ1v) is 11.5. The van der Waals surface area contributed by atoms with Gasteiger partial charge in [-0.2, -0.15) is 0 Å². The molecule has 0 fully saturated rings. The third-order valence-corrected chi connectivity index (χ3v) is 5.97. The zero-order chi connectivity index (χ0) is 23.9. The van der Waals surface area contributed by atoms with Crippen molar-refractivity contribution in [1.82, 2.24) is 0 Å². The minimum absolute atomic E-state index is 0.0284. The molecule has 0 bridgehead atoms. The van der Waals surface area contributed by atoms with Gasteiger partial charge in [-0.15, -0.1) is 0 Å². The molecule has 1 nitrogen and oxygen atoms in total. The number of halogens is 1. The van der Waals surface area contributed by atoms with Crippen LogP contribution in [-0.2, 0) is 16.2 Å². The summed E-state index contributed by atoms with van der Waals surface area (Å²) in [6.07, 6.45) is 0. The minimum atomic E-state index is -0.243. The summed E-state index contributed by atoms with van der Waals surface area (Å²) in [6.45, 7) is 20.3. The molecule has 0 saturated carbocycles. The van der Waals surface area contributed by atoms with Gasteiger partial charge >= 0.3 is 0 Å². The normalized spacial score (nSPS) is 12.7. The Kier molecular flexibility index (Phi) is 6.30. The maximum absolute atomic E-state index is 13.8. The molecular weight excluding hydrogens is 393 g/mol. The summed E-state index contributed by atoms with van der Waals surface area (Å²) >= 11 is 0. The van der Waals surface area contributed by atoms with E-state index < -0.39 is 0 Å². The van der Waals surface area contributed by atoms with Crippen molar-refractivity contribution in [3.8, 4) is 11.1 Å². The first-order valence-electron chi connectivity index (χ1n) is 11.5. The molecule has 0 aromatic heterocycles. The van der Waals surface area contributed by atoms with Crippen LogP contribution in [0.15, 0.2) is 60.7 Å². The second-order valence-corrected chi connectivity index (χ2v) is 11.9. The third kappa shape index (κ3) is 5.59. The van der Waals surface area contributed by atoms with E-state index in [4.69, 9.17) is 0 Å². The molecule has 1 N–H and O–H groups in total. The fourth-order valence-electron chi connectivity index (χ4n) is 3.73. The van der Waals surface area contributed by atoms with E-state index in [-0.39, 0.29) is 22.1 Å². The second kappa shape index (κ2) is 8.39. The van der Waals surface area contributed by atoms with Gasteiger partial charge in [0.15, 0.2) is 0 Å². The third-order valence-electron chi connectivity index (χ3n) is 5.97. The zero-order valence-electron chi connectivity index (χ0n) is 21.2. The lowest BCUT2D eigenvalue weighted by molar-refractivity contribution is 0.569. The van der Waals surface area contributed by atoms with Crippen molar-refractivity contribution in [2.75, 3.05) is 5.32 Å². The molecule has 0 saturated heterocycles. The molecule has 0 spiro atoms. The Morgan fingerprint density at radius 3 is 1.66 bits per heavy atom. The topological polar surface area (TPSA) is 12.0 Å². The lowest BCUT2D eigenvalue weighted by atomic mass is 9.78. The van der Waals surface area contributed by atoms with Gasteiger partial charge in [0.05, 0.1) is 0 Å². The van der Waals surface area contributed by atoms with E-state index in [0.717, 1.165) is 16.9 Å². The van der Waals surface area contributed by atoms with E-state index in [9.17, 15) is 4.39 Å². The first kappa shape index (κ1) is 24.0. The highest BCUT2D eigenvalue weighted by molar-refractivity contribution is 5.82. The molecule has 2 heteroatoms. The largest absolute Gasteiger partial charge is 0.355 e. The summed E-state index contributed by atoms with van der Waals surface area (Å²) < 4.78 is 13.8. The molecule has 0 heterocycles. The number of nitrogens with one attached hydrogen (secondary N) is 1. The Morgan fingerprint density at radius 1 is 0.594 bits per heavy atom. The Balaban J connectivity index is 2.26. The Hall–Kier alpha value is -2.61. The summed E-state index contributed by atoms with van der Waals surface area (Å²) in [5.41, 5.74) is 8.06. The first-order chi connectivity index (χ1) is 14.6. The van der Waals surface area contributed by atoms with E-state index in [1.807, 2.05) is 6.07 Å². The van der Waals surface area contributed by atoms with E-state index >= 15 is 0 Å². The maximum atomic E-state index is 13.8. The van der Waals surface area contributed by atoms with Gasteiger partial charge < -0.3 is 5.32 Å². The van der Waals surface area contributed by atoms with Crippen LogP contribution in [0.2, 0.25) is 0 Å². The van der Waals surface area contributed by atoms with Gasteiger partial charge in [0, 0.05) is 16.9 Å². The molecule has 0 atom stereocenters. The monoisotopic (exact) mass is 431 g/mol. The number of rotatable bonds is 3. The average Bonchev–Trinajstić information content (AvgIpc) is 2.66. The zero-order valence-corrected chi connectivity index (χ0v) is 21.2. The van der Waals surface area contributed by atoms with Crippen molar-refractivity contribution >= 4 is 11.4 Å². The molecule has 3 rings (SSSR count). The number of hydrogen-bond donors (Lipinski definition) is 1. The number of benzene rings is 3. The molecular formula is C30H38FN. The van der Waals surface area contributed by atoms with E-state index in [2.05, 4.69) is 104 Å². The van der Waals surface area contributed by atoms with Crippen LogP contribution >= 0.6 is 0 Å². The van der Waals surface area contributed by atoms with Crippen LogP contribution < -0.4 is 5.32 Å². The molecule has 0 aliphatic rings. The smallest absolute Gasteiger partial charge is 0.125 e. The van der Waals surface area contributed by atoms with Gasteiger partial charge in [-0.25, -0.2) is 4.39 Å². The molecule has 0 aliphatic carbocycles. The molecule has 170 valence electrons. The summed E-state index contributed by atoms with van der Waals surface area (Å²) in [7, 11) is 0. The molecule has 0 aliphatic heterocycles. The average molecular weight is 432 g/mol. The minimum Gasteiger partial charge on any atom is -0.355 e. The summed E-state index contributed by atoms with van der Waals surface area (Å²) in [5, 5.41) is 3.47. The van der Waals surface area contributed by atoms with Gasteiger partial charge in [0.25, 0.3) is 0 Å². The van der Waals surface area contributed by atoms with Crippen LogP contribution in [0, 0.1) is 5.82 Å². The van der Waals surface area contributed by atoms with Crippen LogP contribution in [0.5, 0.6) is 0 Å². The second-order valence-electron chi connectivity index (χ2n) is 11.9. The molecule has 0 amide bonds. The van der Waals surface area contributed by atoms with Crippen LogP contribution in [-0.4, -0.2) is 0 Å². The van der Waals surface area contributed by atoms with Crippen molar-refractivity contribution < 1.29 is 4.39 Å². The molecule has 3 aromatic rings. The highest BCUT2D eigenvalue weighted by atomic mass is 19.1. The Labute approximate surface area is 194 Å². The van der Waals surface area contributed by atoms with Crippen LogP contribution in [0.4, 0.5) is 15.8 Å². The number of hydrogen-bond acceptors (Lipinski definition) is 1. The number of anilines is 2. The van der Waals surface area contributed by atoms with Crippen LogP contribution in [0.3, 0.4) is 0 Å². The molecule has 32 heavy (non-hydrogen) atoms. The van der Waals surface area contributed by atoms with Crippen molar-refractivity contribution in [2.24, 2.45) is 0 Å². The lowest BCUT2D eigenvalue weighted by Gasteiger charge is -2.27. The molecule has 0 unspecified atom stereocenters. The molecule has 0 radical (unpaired) electrons. The van der Waals surface area contributed by atoms with Gasteiger partial charge in [-0.1, -0.05) is 92.6 Å². The predicted octanol–water partition coefficient (Wildman–Crippen LogP) is 9.13. The quantitative estimate of drug-likeness (QED) is 0.436. The highest BCUT2D eigenvalue weighted by Crippen LogP contribution is 2.39. The van der Waals surface area contributed by atoms with Crippen LogP contribution in [0.1, 0.15) is 79.0 Å². The fourth-order valence-corrected chi connectivity index (χ4v) is 3.73. The van der Waals surface area contributed by atoms with Crippen molar-refractivity contribution in [2.45, 2.75) is 78.6 Å². The van der Waals surface area contributed by atoms with E-state index in [1.165, 1.54) is 34.4 Å². The standard InChI is InChI=1S/C30H38FN/c1-28(2,3)21-13-14-27(32-25-12-10-11-24(31)19-25)26(18-21)20-15-22(29(4,5)6)17-23(16-20)30(7,8)9/h10-19,32H,1-9H3. The highest BCUT2D eigenvalue weighted by Gasteiger charge is 2.23. The maximum Gasteiger partial charge on any atom is 0.125 e. The summed E-state index contributed by atoms with van der Waals surface area (Å²) in [5.74, 6) is -0.243. The van der Waals surface area contributed by atoms with Crippen molar-refractivity contribution in [1.29, 1.82) is 0 Å². The Morgan fingerprint density at radius 2 is 1.16 bits per heavy atom. The lowest BCUT2D eigenvalue weighted by Crippen LogP contribution is -2.17. The van der Waals surface area contributed by atoms with Gasteiger partial charge in [0.2, 0.25) is 0 Å². The van der Waals surface area contributed by atoms with Crippen molar-refractivity contribution in [3.05, 3.63) is 83.2 Å². The van der Waals surface area contributed by atoms with E-state index in [1.54, 1.807) is 6.07 Å². The Bertz CT molecular complexity index is 1070. The SMILES string of the molecule is CC(C)(C)c1cc(-c2cc(C(C)(C)C)ccc2Nc2cccc(F)c2)cc(C(C)(C)C)c1. The fraction of sp³-hybridized carbons (Fsp3) is 0.400. The summed E-state index contributed by atoms with van der Waals surface area (Å²) in [6, 6.07) is 20.2. The van der Waals surface area contributed by atoms with E-state index in [0.29, 0.717) is 0 Å². The van der Waals surface area contributed by atoms with Gasteiger partial charge in [0.1, 0.15) is 5.82 Å². The van der Waals surface area contributed by atoms with Gasteiger partial charge in [-0.3, -0.25) is 0 Å². The van der Waals surface area contributed by atoms with Crippen molar-refractivity contribution in [3.63, 3.8) is 0 Å².